The summed E-state index contributed by atoms with van der Waals surface area (Å²) in [6.45, 7) is 2.03. The van der Waals surface area contributed by atoms with Crippen molar-refractivity contribution in [3.8, 4) is 11.4 Å². The highest BCUT2D eigenvalue weighted by atomic mass is 16.5. The lowest BCUT2D eigenvalue weighted by molar-refractivity contribution is 0.414. The van der Waals surface area contributed by atoms with Crippen molar-refractivity contribution in [1.29, 1.82) is 0 Å². The number of benzene rings is 2. The first-order valence-corrected chi connectivity index (χ1v) is 7.32. The van der Waals surface area contributed by atoms with Crippen LogP contribution in [0.3, 0.4) is 0 Å². The minimum absolute atomic E-state index is 0.165. The van der Waals surface area contributed by atoms with E-state index >= 15 is 0 Å². The maximum absolute atomic E-state index is 12.8. The predicted molar refractivity (Wildman–Crippen MR) is 90.5 cm³/mol. The van der Waals surface area contributed by atoms with Gasteiger partial charge in [0.05, 0.1) is 19.0 Å². The summed E-state index contributed by atoms with van der Waals surface area (Å²) < 4.78 is 6.54. The van der Waals surface area contributed by atoms with Crippen LogP contribution in [0.5, 0.6) is 5.75 Å². The Labute approximate surface area is 132 Å². The van der Waals surface area contributed by atoms with Gasteiger partial charge in [0.1, 0.15) is 11.3 Å². The summed E-state index contributed by atoms with van der Waals surface area (Å²) in [7, 11) is 1.61. The van der Waals surface area contributed by atoms with E-state index in [2.05, 4.69) is 16.1 Å². The minimum Gasteiger partial charge on any atom is -0.497 e. The van der Waals surface area contributed by atoms with E-state index in [4.69, 9.17) is 4.74 Å². The molecule has 0 saturated carbocycles. The average Bonchev–Trinajstić information content (AvgIpc) is 2.94. The Hall–Kier alpha value is -3.08. The maximum atomic E-state index is 12.8. The zero-order chi connectivity index (χ0) is 16.0. The fraction of sp³-hybridized carbons (Fsp3) is 0.111. The monoisotopic (exact) mass is 305 g/mol. The van der Waals surface area contributed by atoms with Gasteiger partial charge in [0, 0.05) is 16.3 Å². The van der Waals surface area contributed by atoms with E-state index in [-0.39, 0.29) is 5.56 Å². The second-order valence-corrected chi connectivity index (χ2v) is 5.52. The largest absolute Gasteiger partial charge is 0.497 e. The Kier molecular flexibility index (Phi) is 2.94. The fourth-order valence-corrected chi connectivity index (χ4v) is 2.81. The van der Waals surface area contributed by atoms with E-state index in [0.29, 0.717) is 11.2 Å². The molecule has 0 atom stereocenters. The molecule has 1 N–H and O–H groups in total. The highest BCUT2D eigenvalue weighted by Crippen LogP contribution is 2.24. The smallest absolute Gasteiger partial charge is 0.295 e. The molecule has 23 heavy (non-hydrogen) atoms. The SMILES string of the molecule is COc1ccc(-n2ncc3c([nH]c4ccc(C)cc43)c2=O)cc1. The number of nitrogens with zero attached hydrogens (tertiary/aromatic N) is 2. The number of nitrogens with one attached hydrogen (secondary N) is 1. The molecule has 0 aliphatic heterocycles. The van der Waals surface area contributed by atoms with Crippen molar-refractivity contribution in [3.63, 3.8) is 0 Å². The van der Waals surface area contributed by atoms with E-state index < -0.39 is 0 Å². The Bertz CT molecular complexity index is 1080. The lowest BCUT2D eigenvalue weighted by Crippen LogP contribution is -2.20. The van der Waals surface area contributed by atoms with Crippen molar-refractivity contribution in [3.05, 3.63) is 64.6 Å². The maximum Gasteiger partial charge on any atom is 0.295 e. The Morgan fingerprint density at radius 2 is 1.87 bits per heavy atom. The minimum atomic E-state index is -0.165. The topological polar surface area (TPSA) is 59.9 Å². The van der Waals surface area contributed by atoms with Crippen molar-refractivity contribution >= 4 is 21.8 Å². The van der Waals surface area contributed by atoms with E-state index in [1.165, 1.54) is 4.68 Å². The number of aromatic amines is 1. The first-order chi connectivity index (χ1) is 11.2. The summed E-state index contributed by atoms with van der Waals surface area (Å²) >= 11 is 0. The molecule has 5 nitrogen and oxygen atoms in total. The van der Waals surface area contributed by atoms with Crippen molar-refractivity contribution in [2.75, 3.05) is 7.11 Å². The summed E-state index contributed by atoms with van der Waals surface area (Å²) in [5.41, 5.74) is 3.19. The zero-order valence-electron chi connectivity index (χ0n) is 12.8. The van der Waals surface area contributed by atoms with Crippen LogP contribution in [0.4, 0.5) is 0 Å². The van der Waals surface area contributed by atoms with Gasteiger partial charge in [-0.2, -0.15) is 9.78 Å². The molecule has 4 aromatic rings. The normalized spacial score (nSPS) is 11.2. The quantitative estimate of drug-likeness (QED) is 0.619. The van der Waals surface area contributed by atoms with Gasteiger partial charge in [-0.05, 0) is 43.3 Å². The number of rotatable bonds is 2. The second-order valence-electron chi connectivity index (χ2n) is 5.52. The molecule has 0 bridgehead atoms. The lowest BCUT2D eigenvalue weighted by atomic mass is 10.1. The number of fused-ring (bicyclic) bond motifs is 3. The van der Waals surface area contributed by atoms with E-state index in [1.807, 2.05) is 43.3 Å². The first-order valence-electron chi connectivity index (χ1n) is 7.32. The van der Waals surface area contributed by atoms with Crippen LogP contribution in [-0.4, -0.2) is 21.9 Å². The molecular weight excluding hydrogens is 290 g/mol. The third-order valence-electron chi connectivity index (χ3n) is 4.02. The first kappa shape index (κ1) is 13.6. The molecule has 2 aromatic heterocycles. The molecule has 0 fully saturated rings. The summed E-state index contributed by atoms with van der Waals surface area (Å²) in [5, 5.41) is 6.19. The van der Waals surface area contributed by atoms with Crippen LogP contribution in [0.2, 0.25) is 0 Å². The molecule has 0 radical (unpaired) electrons. The molecule has 0 amide bonds. The number of ether oxygens (including phenoxy) is 1. The molecule has 0 aliphatic rings. The van der Waals surface area contributed by atoms with Gasteiger partial charge in [-0.25, -0.2) is 0 Å². The molecule has 0 unspecified atom stereocenters. The third kappa shape index (κ3) is 2.09. The summed E-state index contributed by atoms with van der Waals surface area (Å²) in [5.74, 6) is 0.740. The number of H-pyrrole nitrogens is 1. The fourth-order valence-electron chi connectivity index (χ4n) is 2.81. The Balaban J connectivity index is 1.97. The van der Waals surface area contributed by atoms with E-state index in [0.717, 1.165) is 27.6 Å². The lowest BCUT2D eigenvalue weighted by Gasteiger charge is -2.05. The van der Waals surface area contributed by atoms with Crippen LogP contribution < -0.4 is 10.3 Å². The van der Waals surface area contributed by atoms with Crippen LogP contribution >= 0.6 is 0 Å². The highest BCUT2D eigenvalue weighted by molar-refractivity contribution is 6.06. The second kappa shape index (κ2) is 4.98. The molecule has 5 heteroatoms. The van der Waals surface area contributed by atoms with Gasteiger partial charge in [-0.15, -0.1) is 0 Å². The van der Waals surface area contributed by atoms with Gasteiger partial charge in [-0.3, -0.25) is 4.79 Å². The van der Waals surface area contributed by atoms with Gasteiger partial charge in [-0.1, -0.05) is 11.6 Å². The van der Waals surface area contributed by atoms with Crippen LogP contribution in [0.15, 0.2) is 53.5 Å². The average molecular weight is 305 g/mol. The number of methoxy groups -OCH3 is 1. The Morgan fingerprint density at radius 3 is 2.61 bits per heavy atom. The zero-order valence-corrected chi connectivity index (χ0v) is 12.8. The third-order valence-corrected chi connectivity index (χ3v) is 4.02. The molecule has 2 aromatic carbocycles. The van der Waals surface area contributed by atoms with Gasteiger partial charge in [0.2, 0.25) is 0 Å². The van der Waals surface area contributed by atoms with Crippen molar-refractivity contribution in [1.82, 2.24) is 14.8 Å². The molecule has 2 heterocycles. The number of hydrogen-bond donors (Lipinski definition) is 1. The highest BCUT2D eigenvalue weighted by Gasteiger charge is 2.11. The van der Waals surface area contributed by atoms with Gasteiger partial charge >= 0.3 is 0 Å². The van der Waals surface area contributed by atoms with Crippen LogP contribution in [-0.2, 0) is 0 Å². The van der Waals surface area contributed by atoms with Crippen LogP contribution in [0.1, 0.15) is 5.56 Å². The standard InChI is InChI=1S/C18H15N3O2/c1-11-3-8-16-14(9-11)15-10-19-21(18(22)17(15)20-16)12-4-6-13(23-2)7-5-12/h3-10,20H,1-2H3. The van der Waals surface area contributed by atoms with E-state index in [1.54, 1.807) is 13.3 Å². The molecule has 0 aliphatic carbocycles. The number of hydrogen-bond acceptors (Lipinski definition) is 3. The van der Waals surface area contributed by atoms with Gasteiger partial charge in [0.25, 0.3) is 5.56 Å². The van der Waals surface area contributed by atoms with Crippen molar-refractivity contribution < 1.29 is 4.74 Å². The van der Waals surface area contributed by atoms with Gasteiger partial charge in [0.15, 0.2) is 0 Å². The Morgan fingerprint density at radius 1 is 1.09 bits per heavy atom. The van der Waals surface area contributed by atoms with Crippen molar-refractivity contribution in [2.45, 2.75) is 6.92 Å². The molecule has 0 saturated heterocycles. The molecular formula is C18H15N3O2. The molecule has 0 spiro atoms. The van der Waals surface area contributed by atoms with Gasteiger partial charge < -0.3 is 9.72 Å². The van der Waals surface area contributed by atoms with E-state index in [9.17, 15) is 4.79 Å². The number of aromatic nitrogens is 3. The van der Waals surface area contributed by atoms with Crippen LogP contribution in [0, 0.1) is 6.92 Å². The summed E-state index contributed by atoms with van der Waals surface area (Å²) in [6.07, 6.45) is 1.74. The van der Waals surface area contributed by atoms with Crippen LogP contribution in [0.25, 0.3) is 27.5 Å². The predicted octanol–water partition coefficient (Wildman–Crippen LogP) is 3.18. The molecule has 114 valence electrons. The summed E-state index contributed by atoms with van der Waals surface area (Å²) in [6, 6.07) is 13.3. The summed E-state index contributed by atoms with van der Waals surface area (Å²) in [4.78, 5) is 16.0. The van der Waals surface area contributed by atoms with Crippen molar-refractivity contribution in [2.24, 2.45) is 0 Å². The molecule has 4 rings (SSSR count). The number of aryl methyl sites for hydroxylation is 1.